The molecule has 0 unspecified atom stereocenters. The number of hydrogen-bond acceptors (Lipinski definition) is 3. The number of pyridine rings is 1. The summed E-state index contributed by atoms with van der Waals surface area (Å²) in [6.45, 7) is 5.09. The van der Waals surface area contributed by atoms with E-state index in [-0.39, 0.29) is 5.91 Å². The Kier molecular flexibility index (Phi) is 4.64. The number of piperazine rings is 1. The first kappa shape index (κ1) is 17.0. The van der Waals surface area contributed by atoms with Gasteiger partial charge in [-0.05, 0) is 43.3 Å². The highest BCUT2D eigenvalue weighted by atomic mass is 79.9. The Bertz CT molecular complexity index is 950. The molecule has 1 aliphatic rings. The van der Waals surface area contributed by atoms with Crippen LogP contribution in [0, 0.1) is 6.92 Å². The van der Waals surface area contributed by atoms with Crippen molar-refractivity contribution in [3.05, 3.63) is 70.3 Å². The van der Waals surface area contributed by atoms with Crippen LogP contribution in [-0.2, 0) is 0 Å². The van der Waals surface area contributed by atoms with E-state index in [1.165, 1.54) is 5.69 Å². The van der Waals surface area contributed by atoms with Gasteiger partial charge in [0, 0.05) is 47.4 Å². The first-order chi connectivity index (χ1) is 12.6. The Balaban J connectivity index is 1.57. The normalized spacial score (nSPS) is 14.7. The van der Waals surface area contributed by atoms with Crippen molar-refractivity contribution in [2.75, 3.05) is 31.1 Å². The Labute approximate surface area is 161 Å². The standard InChI is InChI=1S/C21H20BrN3O/c1-15-13-19(18-14-16(22)7-8-20(18)23-15)21(26)25-11-9-24(10-12-25)17-5-3-2-4-6-17/h2-8,13-14H,9-12H2,1H3. The van der Waals surface area contributed by atoms with Gasteiger partial charge in [-0.2, -0.15) is 0 Å². The largest absolute Gasteiger partial charge is 0.368 e. The summed E-state index contributed by atoms with van der Waals surface area (Å²) in [5.41, 5.74) is 3.68. The van der Waals surface area contributed by atoms with Gasteiger partial charge in [0.15, 0.2) is 0 Å². The van der Waals surface area contributed by atoms with Crippen molar-refractivity contribution < 1.29 is 4.79 Å². The number of fused-ring (bicyclic) bond motifs is 1. The molecule has 4 rings (SSSR count). The molecule has 2 heterocycles. The van der Waals surface area contributed by atoms with Crippen LogP contribution in [0.4, 0.5) is 5.69 Å². The molecule has 0 saturated carbocycles. The summed E-state index contributed by atoms with van der Waals surface area (Å²) in [5.74, 6) is 0.0892. The Hall–Kier alpha value is -2.40. The van der Waals surface area contributed by atoms with Crippen LogP contribution in [-0.4, -0.2) is 42.0 Å². The molecule has 0 atom stereocenters. The third kappa shape index (κ3) is 3.31. The molecule has 132 valence electrons. The van der Waals surface area contributed by atoms with Crippen molar-refractivity contribution in [2.45, 2.75) is 6.92 Å². The molecule has 1 amide bonds. The summed E-state index contributed by atoms with van der Waals surface area (Å²) in [6.07, 6.45) is 0. The van der Waals surface area contributed by atoms with Gasteiger partial charge in [-0.1, -0.05) is 34.1 Å². The van der Waals surface area contributed by atoms with E-state index in [4.69, 9.17) is 0 Å². The van der Waals surface area contributed by atoms with Crippen molar-refractivity contribution >= 4 is 38.4 Å². The summed E-state index contributed by atoms with van der Waals surface area (Å²) < 4.78 is 0.957. The minimum atomic E-state index is 0.0892. The van der Waals surface area contributed by atoms with E-state index in [0.717, 1.165) is 52.8 Å². The molecule has 1 aromatic heterocycles. The molecule has 5 heteroatoms. The number of halogens is 1. The summed E-state index contributed by atoms with van der Waals surface area (Å²) in [4.78, 5) is 22.0. The predicted molar refractivity (Wildman–Crippen MR) is 109 cm³/mol. The Morgan fingerprint density at radius 1 is 1.00 bits per heavy atom. The number of amides is 1. The Morgan fingerprint density at radius 2 is 1.73 bits per heavy atom. The van der Waals surface area contributed by atoms with E-state index in [2.05, 4.69) is 50.1 Å². The predicted octanol–water partition coefficient (Wildman–Crippen LogP) is 4.27. The molecule has 0 spiro atoms. The quantitative estimate of drug-likeness (QED) is 0.633. The smallest absolute Gasteiger partial charge is 0.254 e. The minimum Gasteiger partial charge on any atom is -0.368 e. The van der Waals surface area contributed by atoms with Crippen molar-refractivity contribution in [1.29, 1.82) is 0 Å². The number of anilines is 1. The average Bonchev–Trinajstić information content (AvgIpc) is 2.68. The van der Waals surface area contributed by atoms with E-state index in [0.29, 0.717) is 0 Å². The minimum absolute atomic E-state index is 0.0892. The lowest BCUT2D eigenvalue weighted by Gasteiger charge is -2.36. The zero-order valence-corrected chi connectivity index (χ0v) is 16.2. The molecule has 1 saturated heterocycles. The molecule has 4 nitrogen and oxygen atoms in total. The highest BCUT2D eigenvalue weighted by Gasteiger charge is 2.24. The van der Waals surface area contributed by atoms with Crippen molar-refractivity contribution in [2.24, 2.45) is 0 Å². The van der Waals surface area contributed by atoms with E-state index < -0.39 is 0 Å². The van der Waals surface area contributed by atoms with Crippen molar-refractivity contribution in [3.63, 3.8) is 0 Å². The van der Waals surface area contributed by atoms with Gasteiger partial charge < -0.3 is 9.80 Å². The second-order valence-corrected chi connectivity index (χ2v) is 7.50. The average molecular weight is 410 g/mol. The number of carbonyl (C=O) groups is 1. The highest BCUT2D eigenvalue weighted by Crippen LogP contribution is 2.25. The van der Waals surface area contributed by atoms with Crippen LogP contribution in [0.25, 0.3) is 10.9 Å². The number of rotatable bonds is 2. The highest BCUT2D eigenvalue weighted by molar-refractivity contribution is 9.10. The molecule has 3 aromatic rings. The molecule has 0 bridgehead atoms. The van der Waals surface area contributed by atoms with E-state index in [1.54, 1.807) is 0 Å². The zero-order valence-electron chi connectivity index (χ0n) is 14.7. The maximum Gasteiger partial charge on any atom is 0.254 e. The van der Waals surface area contributed by atoms with Crippen molar-refractivity contribution in [1.82, 2.24) is 9.88 Å². The first-order valence-corrected chi connectivity index (χ1v) is 9.57. The first-order valence-electron chi connectivity index (χ1n) is 8.78. The van der Waals surface area contributed by atoms with Gasteiger partial charge in [0.25, 0.3) is 5.91 Å². The molecule has 0 N–H and O–H groups in total. The van der Waals surface area contributed by atoms with E-state index >= 15 is 0 Å². The van der Waals surface area contributed by atoms with E-state index in [9.17, 15) is 4.79 Å². The van der Waals surface area contributed by atoms with Gasteiger partial charge in [-0.25, -0.2) is 0 Å². The van der Waals surface area contributed by atoms with Gasteiger partial charge >= 0.3 is 0 Å². The van der Waals surface area contributed by atoms with Gasteiger partial charge in [0.2, 0.25) is 0 Å². The number of benzene rings is 2. The van der Waals surface area contributed by atoms with Gasteiger partial charge in [-0.3, -0.25) is 9.78 Å². The fourth-order valence-electron chi connectivity index (χ4n) is 3.48. The van der Waals surface area contributed by atoms with E-state index in [1.807, 2.05) is 42.2 Å². The van der Waals surface area contributed by atoms with Crippen LogP contribution in [0.3, 0.4) is 0 Å². The lowest BCUT2D eigenvalue weighted by atomic mass is 10.1. The van der Waals surface area contributed by atoms with Gasteiger partial charge in [0.05, 0.1) is 11.1 Å². The molecule has 1 fully saturated rings. The lowest BCUT2D eigenvalue weighted by Crippen LogP contribution is -2.48. The van der Waals surface area contributed by atoms with Gasteiger partial charge in [-0.15, -0.1) is 0 Å². The second-order valence-electron chi connectivity index (χ2n) is 6.59. The van der Waals surface area contributed by atoms with Crippen LogP contribution >= 0.6 is 15.9 Å². The van der Waals surface area contributed by atoms with Crippen LogP contribution < -0.4 is 4.90 Å². The number of carbonyl (C=O) groups excluding carboxylic acids is 1. The third-order valence-corrected chi connectivity index (χ3v) is 5.31. The fourth-order valence-corrected chi connectivity index (χ4v) is 3.85. The van der Waals surface area contributed by atoms with Crippen LogP contribution in [0.15, 0.2) is 59.1 Å². The number of nitrogens with zero attached hydrogens (tertiary/aromatic N) is 3. The molecule has 0 aliphatic carbocycles. The third-order valence-electron chi connectivity index (χ3n) is 4.82. The maximum absolute atomic E-state index is 13.2. The van der Waals surface area contributed by atoms with Crippen LogP contribution in [0.5, 0.6) is 0 Å². The summed E-state index contributed by atoms with van der Waals surface area (Å²) in [6, 6.07) is 18.2. The molecule has 1 aliphatic heterocycles. The number of aromatic nitrogens is 1. The topological polar surface area (TPSA) is 36.4 Å². The molecule has 26 heavy (non-hydrogen) atoms. The van der Waals surface area contributed by atoms with Crippen LogP contribution in [0.2, 0.25) is 0 Å². The number of aryl methyl sites for hydroxylation is 1. The van der Waals surface area contributed by atoms with Crippen molar-refractivity contribution in [3.8, 4) is 0 Å². The molecule has 0 radical (unpaired) electrons. The Morgan fingerprint density at radius 3 is 2.46 bits per heavy atom. The lowest BCUT2D eigenvalue weighted by molar-refractivity contribution is 0.0748. The summed E-state index contributed by atoms with van der Waals surface area (Å²) >= 11 is 3.50. The van der Waals surface area contributed by atoms with Crippen LogP contribution in [0.1, 0.15) is 16.1 Å². The molecule has 2 aromatic carbocycles. The molecular formula is C21H20BrN3O. The van der Waals surface area contributed by atoms with Gasteiger partial charge in [0.1, 0.15) is 0 Å². The maximum atomic E-state index is 13.2. The summed E-state index contributed by atoms with van der Waals surface area (Å²) in [7, 11) is 0. The SMILES string of the molecule is Cc1cc(C(=O)N2CCN(c3ccccc3)CC2)c2cc(Br)ccc2n1. The fraction of sp³-hybridized carbons (Fsp3) is 0.238. The number of para-hydroxylation sites is 1. The zero-order chi connectivity index (χ0) is 18.1. The number of hydrogen-bond donors (Lipinski definition) is 0. The second kappa shape index (κ2) is 7.08. The molecular weight excluding hydrogens is 390 g/mol. The summed E-state index contributed by atoms with van der Waals surface area (Å²) in [5, 5.41) is 0.903. The monoisotopic (exact) mass is 409 g/mol.